The standard InChI is InChI=1S/C12H11N5O/c18-12(13-5-9-6-14-15-7-9)10-8-16-17-4-2-1-3-11(10)17/h1-4,6-8H,5H2,(H,13,18)(H,14,15). The average molecular weight is 241 g/mol. The summed E-state index contributed by atoms with van der Waals surface area (Å²) >= 11 is 0. The molecule has 0 spiro atoms. The lowest BCUT2D eigenvalue weighted by Gasteiger charge is -2.01. The number of hydrogen-bond acceptors (Lipinski definition) is 3. The molecule has 6 heteroatoms. The van der Waals surface area contributed by atoms with Crippen LogP contribution in [0.2, 0.25) is 0 Å². The summed E-state index contributed by atoms with van der Waals surface area (Å²) in [6.07, 6.45) is 6.80. The predicted octanol–water partition coefficient (Wildman–Crippen LogP) is 0.987. The van der Waals surface area contributed by atoms with Crippen molar-refractivity contribution in [1.29, 1.82) is 0 Å². The highest BCUT2D eigenvalue weighted by Gasteiger charge is 2.11. The number of nitrogens with one attached hydrogen (secondary N) is 2. The molecule has 0 aliphatic heterocycles. The van der Waals surface area contributed by atoms with Gasteiger partial charge >= 0.3 is 0 Å². The molecule has 0 saturated carbocycles. The Bertz CT molecular complexity index is 671. The van der Waals surface area contributed by atoms with Crippen molar-refractivity contribution in [2.45, 2.75) is 6.54 Å². The molecule has 90 valence electrons. The second-order valence-electron chi connectivity index (χ2n) is 3.88. The third-order valence-electron chi connectivity index (χ3n) is 2.68. The number of pyridine rings is 1. The highest BCUT2D eigenvalue weighted by molar-refractivity contribution is 6.00. The summed E-state index contributed by atoms with van der Waals surface area (Å²) in [6.45, 7) is 0.444. The lowest BCUT2D eigenvalue weighted by atomic mass is 10.2. The van der Waals surface area contributed by atoms with Gasteiger partial charge in [0.25, 0.3) is 5.91 Å². The van der Waals surface area contributed by atoms with Crippen LogP contribution in [0.15, 0.2) is 43.0 Å². The summed E-state index contributed by atoms with van der Waals surface area (Å²) in [5.74, 6) is -0.141. The molecule has 3 aromatic rings. The lowest BCUT2D eigenvalue weighted by molar-refractivity contribution is 0.0952. The highest BCUT2D eigenvalue weighted by Crippen LogP contribution is 2.09. The number of aromatic amines is 1. The van der Waals surface area contributed by atoms with Gasteiger partial charge in [-0.2, -0.15) is 10.2 Å². The molecule has 0 atom stereocenters. The third-order valence-corrected chi connectivity index (χ3v) is 2.68. The van der Waals surface area contributed by atoms with Gasteiger partial charge in [0.1, 0.15) is 0 Å². The van der Waals surface area contributed by atoms with Crippen LogP contribution >= 0.6 is 0 Å². The Kier molecular flexibility index (Phi) is 2.53. The number of hydrogen-bond donors (Lipinski definition) is 2. The topological polar surface area (TPSA) is 75.1 Å². The van der Waals surface area contributed by atoms with E-state index in [1.807, 2.05) is 24.4 Å². The molecule has 3 aromatic heterocycles. The van der Waals surface area contributed by atoms with E-state index in [-0.39, 0.29) is 5.91 Å². The third kappa shape index (κ3) is 1.84. The molecular formula is C12H11N5O. The van der Waals surface area contributed by atoms with E-state index in [2.05, 4.69) is 20.6 Å². The molecule has 2 N–H and O–H groups in total. The first-order valence-electron chi connectivity index (χ1n) is 5.53. The molecule has 1 amide bonds. The first-order valence-corrected chi connectivity index (χ1v) is 5.53. The van der Waals surface area contributed by atoms with E-state index in [0.29, 0.717) is 12.1 Å². The van der Waals surface area contributed by atoms with Gasteiger partial charge in [-0.1, -0.05) is 6.07 Å². The van der Waals surface area contributed by atoms with Crippen LogP contribution in [0.1, 0.15) is 15.9 Å². The first kappa shape index (κ1) is 10.5. The van der Waals surface area contributed by atoms with E-state index < -0.39 is 0 Å². The first-order chi connectivity index (χ1) is 8.84. The van der Waals surface area contributed by atoms with Gasteiger partial charge in [0, 0.05) is 24.5 Å². The molecule has 6 nitrogen and oxygen atoms in total. The Morgan fingerprint density at radius 1 is 1.39 bits per heavy atom. The van der Waals surface area contributed by atoms with E-state index in [1.165, 1.54) is 0 Å². The molecule has 0 fully saturated rings. The Labute approximate surface area is 103 Å². The van der Waals surface area contributed by atoms with Gasteiger partial charge in [-0.3, -0.25) is 9.89 Å². The fourth-order valence-corrected chi connectivity index (χ4v) is 1.76. The molecule has 0 bridgehead atoms. The van der Waals surface area contributed by atoms with Crippen LogP contribution in [0.25, 0.3) is 5.52 Å². The zero-order valence-corrected chi connectivity index (χ0v) is 9.50. The normalized spacial score (nSPS) is 10.7. The van der Waals surface area contributed by atoms with Gasteiger partial charge in [-0.15, -0.1) is 0 Å². The number of carbonyl (C=O) groups is 1. The summed E-state index contributed by atoms with van der Waals surface area (Å²) in [4.78, 5) is 12.0. The summed E-state index contributed by atoms with van der Waals surface area (Å²) in [5.41, 5.74) is 2.29. The van der Waals surface area contributed by atoms with E-state index >= 15 is 0 Å². The van der Waals surface area contributed by atoms with E-state index in [4.69, 9.17) is 0 Å². The number of nitrogens with zero attached hydrogens (tertiary/aromatic N) is 3. The van der Waals surface area contributed by atoms with Crippen molar-refractivity contribution in [3.63, 3.8) is 0 Å². The number of amides is 1. The van der Waals surface area contributed by atoms with Gasteiger partial charge in [0.2, 0.25) is 0 Å². The number of carbonyl (C=O) groups excluding carboxylic acids is 1. The molecule has 0 radical (unpaired) electrons. The van der Waals surface area contributed by atoms with Crippen LogP contribution in [-0.4, -0.2) is 25.7 Å². The summed E-state index contributed by atoms with van der Waals surface area (Å²) in [5, 5.41) is 13.5. The van der Waals surface area contributed by atoms with Crippen molar-refractivity contribution >= 4 is 11.4 Å². The molecule has 3 rings (SSSR count). The van der Waals surface area contributed by atoms with E-state index in [1.54, 1.807) is 23.1 Å². The van der Waals surface area contributed by atoms with Gasteiger partial charge in [-0.05, 0) is 12.1 Å². The van der Waals surface area contributed by atoms with Gasteiger partial charge in [0.05, 0.1) is 23.5 Å². The molecule has 18 heavy (non-hydrogen) atoms. The fourth-order valence-electron chi connectivity index (χ4n) is 1.76. The monoisotopic (exact) mass is 241 g/mol. The van der Waals surface area contributed by atoms with Crippen molar-refractivity contribution in [2.75, 3.05) is 0 Å². The largest absolute Gasteiger partial charge is 0.348 e. The van der Waals surface area contributed by atoms with Crippen molar-refractivity contribution in [3.8, 4) is 0 Å². The quantitative estimate of drug-likeness (QED) is 0.718. The Morgan fingerprint density at radius 3 is 3.17 bits per heavy atom. The maximum Gasteiger partial charge on any atom is 0.255 e. The second-order valence-corrected chi connectivity index (χ2v) is 3.88. The molecule has 0 aromatic carbocycles. The number of aromatic nitrogens is 4. The minimum atomic E-state index is -0.141. The Hall–Kier alpha value is -2.63. The average Bonchev–Trinajstić information content (AvgIpc) is 3.05. The summed E-state index contributed by atoms with van der Waals surface area (Å²) < 4.78 is 1.67. The maximum atomic E-state index is 12.0. The van der Waals surface area contributed by atoms with Crippen LogP contribution < -0.4 is 5.32 Å². The van der Waals surface area contributed by atoms with E-state index in [0.717, 1.165) is 11.1 Å². The minimum absolute atomic E-state index is 0.141. The summed E-state index contributed by atoms with van der Waals surface area (Å²) in [7, 11) is 0. The van der Waals surface area contributed by atoms with E-state index in [9.17, 15) is 4.79 Å². The van der Waals surface area contributed by atoms with Gasteiger partial charge in [-0.25, -0.2) is 4.52 Å². The smallest absolute Gasteiger partial charge is 0.255 e. The highest BCUT2D eigenvalue weighted by atomic mass is 16.1. The number of H-pyrrole nitrogens is 1. The van der Waals surface area contributed by atoms with Crippen molar-refractivity contribution < 1.29 is 4.79 Å². The maximum absolute atomic E-state index is 12.0. The second kappa shape index (κ2) is 4.33. The van der Waals surface area contributed by atoms with Crippen molar-refractivity contribution in [3.05, 3.63) is 54.1 Å². The molecule has 3 heterocycles. The Morgan fingerprint density at radius 2 is 2.33 bits per heavy atom. The van der Waals surface area contributed by atoms with Crippen LogP contribution in [0.4, 0.5) is 0 Å². The molecular weight excluding hydrogens is 230 g/mol. The zero-order chi connectivity index (χ0) is 12.4. The van der Waals surface area contributed by atoms with Gasteiger partial charge in [0.15, 0.2) is 0 Å². The SMILES string of the molecule is O=C(NCc1cn[nH]c1)c1cnn2ccccc12. The number of fused-ring (bicyclic) bond motifs is 1. The number of rotatable bonds is 3. The van der Waals surface area contributed by atoms with Crippen LogP contribution in [0.3, 0.4) is 0 Å². The van der Waals surface area contributed by atoms with Crippen LogP contribution in [-0.2, 0) is 6.54 Å². The predicted molar refractivity (Wildman–Crippen MR) is 64.9 cm³/mol. The van der Waals surface area contributed by atoms with Crippen molar-refractivity contribution in [1.82, 2.24) is 25.1 Å². The molecule has 0 unspecified atom stereocenters. The van der Waals surface area contributed by atoms with Crippen LogP contribution in [0.5, 0.6) is 0 Å². The Balaban J connectivity index is 1.80. The van der Waals surface area contributed by atoms with Crippen LogP contribution in [0, 0.1) is 0 Å². The van der Waals surface area contributed by atoms with Gasteiger partial charge < -0.3 is 5.32 Å². The molecule has 0 saturated heterocycles. The zero-order valence-electron chi connectivity index (χ0n) is 9.50. The fraction of sp³-hybridized carbons (Fsp3) is 0.0833. The molecule has 0 aliphatic rings. The minimum Gasteiger partial charge on any atom is -0.348 e. The molecule has 0 aliphatic carbocycles. The van der Waals surface area contributed by atoms with Crippen molar-refractivity contribution in [2.24, 2.45) is 0 Å². The summed E-state index contributed by atoms with van der Waals surface area (Å²) in [6, 6.07) is 5.61. The lowest BCUT2D eigenvalue weighted by Crippen LogP contribution is -2.22.